The molecule has 3 rings (SSSR count). The summed E-state index contributed by atoms with van der Waals surface area (Å²) in [4.78, 5) is 2.50. The minimum atomic E-state index is -0.534. The summed E-state index contributed by atoms with van der Waals surface area (Å²) in [6.45, 7) is 6.06. The summed E-state index contributed by atoms with van der Waals surface area (Å²) in [5.74, 6) is 0. The van der Waals surface area contributed by atoms with Crippen molar-refractivity contribution in [3.05, 3.63) is 0 Å². The topological polar surface area (TPSA) is 32.7 Å². The van der Waals surface area contributed by atoms with E-state index in [1.807, 2.05) is 6.92 Å². The molecule has 0 amide bonds. The van der Waals surface area contributed by atoms with Gasteiger partial charge in [-0.15, -0.1) is 0 Å². The van der Waals surface area contributed by atoms with Crippen molar-refractivity contribution in [2.75, 3.05) is 26.2 Å². The minimum Gasteiger partial charge on any atom is -0.367 e. The smallest absolute Gasteiger partial charge is 0.160 e. The molecule has 2 bridgehead atoms. The number of ether oxygens (including phenoxy) is 1. The van der Waals surface area contributed by atoms with Crippen LogP contribution in [-0.2, 0) is 4.74 Å². The number of fused-ring (bicyclic) bond motifs is 4. The standard InChI is InChI=1S/C11H21NO2/c1-2-14-10(13)11-4-3-7-12(8-5-11)9-6-11/h10,13H,2-9H2,1H3. The van der Waals surface area contributed by atoms with Crippen LogP contribution in [0.4, 0.5) is 0 Å². The van der Waals surface area contributed by atoms with Gasteiger partial charge in [0.1, 0.15) is 0 Å². The predicted octanol–water partition coefficient (Wildman–Crippen LogP) is 1.22. The van der Waals surface area contributed by atoms with E-state index in [1.54, 1.807) is 0 Å². The number of hydrogen-bond acceptors (Lipinski definition) is 3. The molecule has 3 heterocycles. The highest BCUT2D eigenvalue weighted by atomic mass is 16.6. The van der Waals surface area contributed by atoms with E-state index in [2.05, 4.69) is 4.90 Å². The lowest BCUT2D eigenvalue weighted by Crippen LogP contribution is -2.44. The van der Waals surface area contributed by atoms with Crippen LogP contribution in [0.5, 0.6) is 0 Å². The lowest BCUT2D eigenvalue weighted by molar-refractivity contribution is -0.184. The molecule has 3 fully saturated rings. The first-order valence-electron chi connectivity index (χ1n) is 5.79. The van der Waals surface area contributed by atoms with Gasteiger partial charge in [-0.05, 0) is 52.2 Å². The Morgan fingerprint density at radius 1 is 1.29 bits per heavy atom. The van der Waals surface area contributed by atoms with Crippen LogP contribution in [0.2, 0.25) is 0 Å². The van der Waals surface area contributed by atoms with E-state index in [4.69, 9.17) is 4.74 Å². The molecule has 14 heavy (non-hydrogen) atoms. The monoisotopic (exact) mass is 199 g/mol. The van der Waals surface area contributed by atoms with Gasteiger partial charge in [-0.1, -0.05) is 0 Å². The molecule has 0 aromatic carbocycles. The van der Waals surface area contributed by atoms with Gasteiger partial charge < -0.3 is 14.7 Å². The summed E-state index contributed by atoms with van der Waals surface area (Å²) in [6.07, 6.45) is 4.02. The van der Waals surface area contributed by atoms with Crippen molar-refractivity contribution in [2.45, 2.75) is 38.9 Å². The van der Waals surface area contributed by atoms with Gasteiger partial charge >= 0.3 is 0 Å². The highest BCUT2D eigenvalue weighted by molar-refractivity contribution is 4.91. The first-order chi connectivity index (χ1) is 6.77. The van der Waals surface area contributed by atoms with Crippen molar-refractivity contribution in [1.29, 1.82) is 0 Å². The third-order valence-electron chi connectivity index (χ3n) is 3.85. The van der Waals surface area contributed by atoms with E-state index in [-0.39, 0.29) is 5.41 Å². The van der Waals surface area contributed by atoms with Gasteiger partial charge in [0.25, 0.3) is 0 Å². The fourth-order valence-corrected chi connectivity index (χ4v) is 2.83. The van der Waals surface area contributed by atoms with Crippen molar-refractivity contribution in [3.8, 4) is 0 Å². The Labute approximate surface area is 86.0 Å². The van der Waals surface area contributed by atoms with Crippen LogP contribution in [-0.4, -0.2) is 42.5 Å². The maximum Gasteiger partial charge on any atom is 0.160 e. The normalized spacial score (nSPS) is 39.4. The van der Waals surface area contributed by atoms with Gasteiger partial charge in [-0.3, -0.25) is 0 Å². The van der Waals surface area contributed by atoms with Crippen LogP contribution < -0.4 is 0 Å². The molecule has 3 nitrogen and oxygen atoms in total. The Morgan fingerprint density at radius 2 is 2.00 bits per heavy atom. The number of hydrogen-bond donors (Lipinski definition) is 1. The van der Waals surface area contributed by atoms with Crippen LogP contribution in [0, 0.1) is 5.41 Å². The molecule has 82 valence electrons. The summed E-state index contributed by atoms with van der Waals surface area (Å²) >= 11 is 0. The molecule has 1 atom stereocenters. The van der Waals surface area contributed by atoms with Crippen molar-refractivity contribution >= 4 is 0 Å². The van der Waals surface area contributed by atoms with Gasteiger partial charge in [0, 0.05) is 12.0 Å². The molecule has 0 aliphatic carbocycles. The van der Waals surface area contributed by atoms with Crippen molar-refractivity contribution in [1.82, 2.24) is 4.90 Å². The fraction of sp³-hybridized carbons (Fsp3) is 1.00. The predicted molar refractivity (Wildman–Crippen MR) is 55.0 cm³/mol. The van der Waals surface area contributed by atoms with E-state index in [0.717, 1.165) is 32.4 Å². The average Bonchev–Trinajstić information content (AvgIpc) is 2.52. The third-order valence-corrected chi connectivity index (χ3v) is 3.85. The first kappa shape index (κ1) is 10.4. The zero-order valence-corrected chi connectivity index (χ0v) is 9.04. The Balaban J connectivity index is 2.05. The summed E-state index contributed by atoms with van der Waals surface area (Å²) < 4.78 is 5.39. The van der Waals surface area contributed by atoms with Crippen molar-refractivity contribution in [2.24, 2.45) is 5.41 Å². The molecule has 0 spiro atoms. The summed E-state index contributed by atoms with van der Waals surface area (Å²) in [7, 11) is 0. The second-order valence-corrected chi connectivity index (χ2v) is 4.62. The van der Waals surface area contributed by atoms with Crippen LogP contribution in [0.25, 0.3) is 0 Å². The number of rotatable bonds is 3. The van der Waals surface area contributed by atoms with Gasteiger partial charge in [-0.2, -0.15) is 0 Å². The largest absolute Gasteiger partial charge is 0.367 e. The fourth-order valence-electron chi connectivity index (χ4n) is 2.83. The Morgan fingerprint density at radius 3 is 2.64 bits per heavy atom. The Kier molecular flexibility index (Phi) is 3.10. The maximum absolute atomic E-state index is 10.0. The second-order valence-electron chi connectivity index (χ2n) is 4.62. The zero-order chi connectivity index (χ0) is 10.0. The summed E-state index contributed by atoms with van der Waals surface area (Å²) in [5, 5.41) is 10.0. The lowest BCUT2D eigenvalue weighted by atomic mass is 9.76. The second kappa shape index (κ2) is 4.17. The third kappa shape index (κ3) is 1.81. The summed E-state index contributed by atoms with van der Waals surface area (Å²) in [5.41, 5.74) is 0.0724. The van der Waals surface area contributed by atoms with Gasteiger partial charge in [0.15, 0.2) is 6.29 Å². The molecule has 0 aromatic heterocycles. The highest BCUT2D eigenvalue weighted by Crippen LogP contribution is 2.42. The quantitative estimate of drug-likeness (QED) is 0.694. The SMILES string of the molecule is CCOC(O)C12CCCN(CC1)CC2. The van der Waals surface area contributed by atoms with E-state index in [0.29, 0.717) is 6.61 Å². The zero-order valence-electron chi connectivity index (χ0n) is 9.04. The molecule has 0 radical (unpaired) electrons. The molecule has 0 aromatic rings. The van der Waals surface area contributed by atoms with E-state index < -0.39 is 6.29 Å². The van der Waals surface area contributed by atoms with Crippen LogP contribution in [0.3, 0.4) is 0 Å². The Hall–Kier alpha value is -0.120. The molecular formula is C11H21NO2. The highest BCUT2D eigenvalue weighted by Gasteiger charge is 2.42. The van der Waals surface area contributed by atoms with Gasteiger partial charge in [-0.25, -0.2) is 0 Å². The minimum absolute atomic E-state index is 0.0724. The Bertz CT molecular complexity index is 182. The van der Waals surface area contributed by atoms with Crippen LogP contribution >= 0.6 is 0 Å². The van der Waals surface area contributed by atoms with E-state index in [1.165, 1.54) is 13.0 Å². The first-order valence-corrected chi connectivity index (χ1v) is 5.79. The number of piperidine rings is 1. The molecule has 1 unspecified atom stereocenters. The average molecular weight is 199 g/mol. The van der Waals surface area contributed by atoms with Crippen molar-refractivity contribution in [3.63, 3.8) is 0 Å². The molecule has 1 N–H and O–H groups in total. The van der Waals surface area contributed by atoms with E-state index >= 15 is 0 Å². The van der Waals surface area contributed by atoms with E-state index in [9.17, 15) is 5.11 Å². The lowest BCUT2D eigenvalue weighted by Gasteiger charge is -2.40. The van der Waals surface area contributed by atoms with Crippen LogP contribution in [0.15, 0.2) is 0 Å². The number of aliphatic hydroxyl groups is 1. The van der Waals surface area contributed by atoms with Gasteiger partial charge in [0.2, 0.25) is 0 Å². The maximum atomic E-state index is 10.0. The van der Waals surface area contributed by atoms with Crippen LogP contribution in [0.1, 0.15) is 32.6 Å². The molecule has 3 saturated heterocycles. The molecule has 3 aliphatic rings. The number of nitrogens with zero attached hydrogens (tertiary/aromatic N) is 1. The van der Waals surface area contributed by atoms with Crippen molar-refractivity contribution < 1.29 is 9.84 Å². The molecular weight excluding hydrogens is 178 g/mol. The summed E-state index contributed by atoms with van der Waals surface area (Å²) in [6, 6.07) is 0. The molecule has 3 aliphatic heterocycles. The van der Waals surface area contributed by atoms with Gasteiger partial charge in [0.05, 0.1) is 0 Å². The number of aliphatic hydroxyl groups excluding tert-OH is 1. The molecule has 0 saturated carbocycles. The molecule has 3 heteroatoms.